The number of para-hydroxylation sites is 1. The van der Waals surface area contributed by atoms with Crippen molar-refractivity contribution in [1.82, 2.24) is 4.57 Å². The maximum absolute atomic E-state index is 11.8. The number of aromatic nitrogens is 1. The predicted octanol–water partition coefficient (Wildman–Crippen LogP) is 4.25. The van der Waals surface area contributed by atoms with Gasteiger partial charge in [0.05, 0.1) is 6.04 Å². The molecule has 2 N–H and O–H groups in total. The molecule has 0 fully saturated rings. The van der Waals surface area contributed by atoms with E-state index in [9.17, 15) is 4.79 Å². The number of Topliss-reactive ketones (excluding diaryl/α,β-unsaturated/α-hetero) is 1. The lowest BCUT2D eigenvalue weighted by Crippen LogP contribution is -2.37. The standard InChI is InChI=1S/C14H18N2O.2C2H6/c1-10(2)14(17)12(15)9-16-8-7-11-5-3-4-6-13(11)16;2*1-2/h3-8,10,12H,9,15H2,1-2H3;2*1-2H3. The Bertz CT molecular complexity index is 529. The van der Waals surface area contributed by atoms with Crippen molar-refractivity contribution in [3.8, 4) is 0 Å². The van der Waals surface area contributed by atoms with Crippen molar-refractivity contribution >= 4 is 16.7 Å². The normalized spacial score (nSPS) is 11.2. The summed E-state index contributed by atoms with van der Waals surface area (Å²) in [5.41, 5.74) is 7.05. The van der Waals surface area contributed by atoms with E-state index in [4.69, 9.17) is 5.73 Å². The van der Waals surface area contributed by atoms with Gasteiger partial charge in [-0.15, -0.1) is 0 Å². The molecule has 2 rings (SSSR count). The van der Waals surface area contributed by atoms with Crippen LogP contribution in [0.25, 0.3) is 10.9 Å². The SMILES string of the molecule is CC.CC.CC(C)C(=O)C(N)Cn1ccc2ccccc21. The third-order valence-electron chi connectivity index (χ3n) is 3.01. The second kappa shape index (κ2) is 10.2. The van der Waals surface area contributed by atoms with Crippen LogP contribution in [0.2, 0.25) is 0 Å². The molecule has 0 spiro atoms. The van der Waals surface area contributed by atoms with Crippen molar-refractivity contribution in [2.45, 2.75) is 54.1 Å². The smallest absolute Gasteiger partial charge is 0.153 e. The highest BCUT2D eigenvalue weighted by atomic mass is 16.1. The summed E-state index contributed by atoms with van der Waals surface area (Å²) in [5, 5.41) is 1.18. The van der Waals surface area contributed by atoms with Gasteiger partial charge in [-0.25, -0.2) is 0 Å². The number of hydrogen-bond donors (Lipinski definition) is 1. The number of hydrogen-bond acceptors (Lipinski definition) is 2. The van der Waals surface area contributed by atoms with Gasteiger partial charge in [-0.1, -0.05) is 59.7 Å². The van der Waals surface area contributed by atoms with Gasteiger partial charge in [0.2, 0.25) is 0 Å². The van der Waals surface area contributed by atoms with Crippen molar-refractivity contribution in [3.05, 3.63) is 36.5 Å². The van der Waals surface area contributed by atoms with Gasteiger partial charge in [0.25, 0.3) is 0 Å². The van der Waals surface area contributed by atoms with E-state index in [2.05, 4.69) is 6.07 Å². The number of benzene rings is 1. The first-order valence-electron chi connectivity index (χ1n) is 7.93. The van der Waals surface area contributed by atoms with E-state index in [1.807, 2.05) is 76.6 Å². The number of nitrogens with zero attached hydrogens (tertiary/aromatic N) is 1. The molecule has 1 aromatic heterocycles. The van der Waals surface area contributed by atoms with Gasteiger partial charge in [0, 0.05) is 24.2 Å². The molecule has 0 aliphatic heterocycles. The second-order valence-corrected chi connectivity index (χ2v) is 4.69. The Kier molecular flexibility index (Phi) is 9.39. The monoisotopic (exact) mass is 290 g/mol. The highest BCUT2D eigenvalue weighted by Crippen LogP contribution is 2.15. The van der Waals surface area contributed by atoms with Crippen LogP contribution in [0, 0.1) is 5.92 Å². The summed E-state index contributed by atoms with van der Waals surface area (Å²) >= 11 is 0. The van der Waals surface area contributed by atoms with E-state index in [0.29, 0.717) is 6.54 Å². The summed E-state index contributed by atoms with van der Waals surface area (Å²) in [7, 11) is 0. The molecule has 0 saturated carbocycles. The van der Waals surface area contributed by atoms with Crippen LogP contribution >= 0.6 is 0 Å². The number of fused-ring (bicyclic) bond motifs is 1. The van der Waals surface area contributed by atoms with Gasteiger partial charge in [-0.05, 0) is 17.5 Å². The minimum absolute atomic E-state index is 0.00757. The number of rotatable bonds is 4. The Balaban J connectivity index is 0.000000921. The van der Waals surface area contributed by atoms with Gasteiger partial charge in [-0.2, -0.15) is 0 Å². The van der Waals surface area contributed by atoms with E-state index < -0.39 is 6.04 Å². The fraction of sp³-hybridized carbons (Fsp3) is 0.500. The molecule has 2 aromatic rings. The number of ketones is 1. The molecule has 1 atom stereocenters. The van der Waals surface area contributed by atoms with Crippen molar-refractivity contribution < 1.29 is 4.79 Å². The van der Waals surface area contributed by atoms with Gasteiger partial charge in [-0.3, -0.25) is 4.79 Å². The number of carbonyl (C=O) groups is 1. The second-order valence-electron chi connectivity index (χ2n) is 4.69. The molecule has 0 radical (unpaired) electrons. The summed E-state index contributed by atoms with van der Waals surface area (Å²) in [4.78, 5) is 11.8. The summed E-state index contributed by atoms with van der Waals surface area (Å²) in [6, 6.07) is 9.72. The molecule has 1 heterocycles. The van der Waals surface area contributed by atoms with Crippen LogP contribution < -0.4 is 5.73 Å². The van der Waals surface area contributed by atoms with Crippen molar-refractivity contribution in [3.63, 3.8) is 0 Å². The summed E-state index contributed by atoms with van der Waals surface area (Å²) < 4.78 is 2.04. The first kappa shape index (κ1) is 19.4. The summed E-state index contributed by atoms with van der Waals surface area (Å²) in [5.74, 6) is 0.106. The molecular formula is C18H30N2O. The molecule has 0 aliphatic rings. The van der Waals surface area contributed by atoms with E-state index in [-0.39, 0.29) is 11.7 Å². The number of nitrogens with two attached hydrogens (primary N) is 1. The average molecular weight is 290 g/mol. The quantitative estimate of drug-likeness (QED) is 0.915. The number of carbonyl (C=O) groups excluding carboxylic acids is 1. The molecule has 0 aliphatic carbocycles. The lowest BCUT2D eigenvalue weighted by atomic mass is 10.0. The maximum atomic E-state index is 11.8. The Morgan fingerprint density at radius 1 is 1.10 bits per heavy atom. The topological polar surface area (TPSA) is 48.0 Å². The Morgan fingerprint density at radius 2 is 1.67 bits per heavy atom. The van der Waals surface area contributed by atoms with E-state index in [1.54, 1.807) is 0 Å². The van der Waals surface area contributed by atoms with Crippen LogP contribution in [-0.2, 0) is 11.3 Å². The van der Waals surface area contributed by atoms with Crippen LogP contribution in [0.5, 0.6) is 0 Å². The van der Waals surface area contributed by atoms with Crippen LogP contribution in [0.1, 0.15) is 41.5 Å². The van der Waals surface area contributed by atoms with E-state index in [0.717, 1.165) is 5.52 Å². The molecule has 0 amide bonds. The fourth-order valence-corrected chi connectivity index (χ4v) is 2.03. The van der Waals surface area contributed by atoms with Gasteiger partial charge in [0.15, 0.2) is 5.78 Å². The Labute approximate surface area is 129 Å². The van der Waals surface area contributed by atoms with Crippen molar-refractivity contribution in [2.24, 2.45) is 11.7 Å². The molecule has 1 unspecified atom stereocenters. The van der Waals surface area contributed by atoms with E-state index >= 15 is 0 Å². The lowest BCUT2D eigenvalue weighted by molar-refractivity contribution is -0.123. The van der Waals surface area contributed by atoms with Gasteiger partial charge < -0.3 is 10.3 Å². The molecular weight excluding hydrogens is 260 g/mol. The molecule has 0 bridgehead atoms. The fourth-order valence-electron chi connectivity index (χ4n) is 2.03. The van der Waals surface area contributed by atoms with Gasteiger partial charge >= 0.3 is 0 Å². The van der Waals surface area contributed by atoms with Crippen molar-refractivity contribution in [1.29, 1.82) is 0 Å². The van der Waals surface area contributed by atoms with Crippen LogP contribution in [-0.4, -0.2) is 16.4 Å². The zero-order valence-electron chi connectivity index (χ0n) is 14.3. The molecule has 3 nitrogen and oxygen atoms in total. The molecule has 3 heteroatoms. The first-order chi connectivity index (χ1) is 10.1. The predicted molar refractivity (Wildman–Crippen MR) is 92.5 cm³/mol. The lowest BCUT2D eigenvalue weighted by Gasteiger charge is -2.14. The molecule has 0 saturated heterocycles. The Morgan fingerprint density at radius 3 is 2.24 bits per heavy atom. The van der Waals surface area contributed by atoms with E-state index in [1.165, 1.54) is 5.39 Å². The Hall–Kier alpha value is -1.61. The largest absolute Gasteiger partial charge is 0.345 e. The molecule has 118 valence electrons. The highest BCUT2D eigenvalue weighted by Gasteiger charge is 2.17. The zero-order valence-corrected chi connectivity index (χ0v) is 14.3. The summed E-state index contributed by atoms with van der Waals surface area (Å²) in [6.07, 6.45) is 1.98. The molecule has 21 heavy (non-hydrogen) atoms. The average Bonchev–Trinajstić information content (AvgIpc) is 2.93. The first-order valence-corrected chi connectivity index (χ1v) is 7.93. The maximum Gasteiger partial charge on any atom is 0.153 e. The third-order valence-corrected chi connectivity index (χ3v) is 3.01. The van der Waals surface area contributed by atoms with Gasteiger partial charge in [0.1, 0.15) is 0 Å². The summed E-state index contributed by atoms with van der Waals surface area (Å²) in [6.45, 7) is 12.3. The zero-order chi connectivity index (χ0) is 16.4. The van der Waals surface area contributed by atoms with Crippen LogP contribution in [0.15, 0.2) is 36.5 Å². The van der Waals surface area contributed by atoms with Crippen LogP contribution in [0.3, 0.4) is 0 Å². The minimum Gasteiger partial charge on any atom is -0.345 e. The van der Waals surface area contributed by atoms with Crippen molar-refractivity contribution in [2.75, 3.05) is 0 Å². The molecule has 1 aromatic carbocycles. The minimum atomic E-state index is -0.425. The third kappa shape index (κ3) is 5.35. The van der Waals surface area contributed by atoms with Crippen LogP contribution in [0.4, 0.5) is 0 Å². The highest BCUT2D eigenvalue weighted by molar-refractivity contribution is 5.86.